The van der Waals surface area contributed by atoms with Crippen molar-refractivity contribution in [3.63, 3.8) is 0 Å². The molecule has 3 nitrogen and oxygen atoms in total. The van der Waals surface area contributed by atoms with Crippen LogP contribution in [0.2, 0.25) is 0 Å². The van der Waals surface area contributed by atoms with Gasteiger partial charge < -0.3 is 0 Å². The Labute approximate surface area is 187 Å². The van der Waals surface area contributed by atoms with Gasteiger partial charge in [0.2, 0.25) is 0 Å². The Bertz CT molecular complexity index is 1380. The third kappa shape index (κ3) is 4.25. The lowest BCUT2D eigenvalue weighted by atomic mass is 10.1. The minimum Gasteiger partial charge on any atom is -0.295 e. The van der Waals surface area contributed by atoms with Crippen LogP contribution in [0.25, 0.3) is 21.5 Å². The number of hydrogen-bond acceptors (Lipinski definition) is 2. The number of amides is 1. The van der Waals surface area contributed by atoms with E-state index in [1.807, 2.05) is 77.7 Å². The van der Waals surface area contributed by atoms with Gasteiger partial charge in [-0.15, -0.1) is 0 Å². The fourth-order valence-electron chi connectivity index (χ4n) is 4.01. The Morgan fingerprint density at radius 2 is 1.22 bits per heavy atom. The highest BCUT2D eigenvalue weighted by atomic mass is 16.2. The molecule has 3 heteroatoms. The molecule has 0 aliphatic heterocycles. The molecule has 0 atom stereocenters. The molecule has 0 saturated heterocycles. The molecule has 0 aliphatic carbocycles. The molecule has 1 amide bonds. The summed E-state index contributed by atoms with van der Waals surface area (Å²) in [6, 6.07) is 38.6. The van der Waals surface area contributed by atoms with Gasteiger partial charge in [0.1, 0.15) is 0 Å². The van der Waals surface area contributed by atoms with Crippen molar-refractivity contribution in [3.8, 4) is 0 Å². The van der Waals surface area contributed by atoms with Gasteiger partial charge in [0.15, 0.2) is 0 Å². The number of rotatable bonds is 6. The van der Waals surface area contributed by atoms with E-state index in [0.29, 0.717) is 18.8 Å². The standard InChI is InChI=1S/C29H24N2O/c32-29(27-15-14-23-10-4-6-12-25(23)18-27)31(21-30-20-22-8-2-1-3-9-22)28-17-16-24-11-5-7-13-26(24)19-28/h1-19,30H,20-21H2. The van der Waals surface area contributed by atoms with Crippen LogP contribution in [-0.2, 0) is 6.54 Å². The van der Waals surface area contributed by atoms with E-state index in [0.717, 1.165) is 27.2 Å². The SMILES string of the molecule is O=C(c1ccc2ccccc2c1)N(CNCc1ccccc1)c1ccc2ccccc2c1. The first-order chi connectivity index (χ1) is 15.8. The van der Waals surface area contributed by atoms with Crippen LogP contribution in [0.15, 0.2) is 115 Å². The van der Waals surface area contributed by atoms with Gasteiger partial charge in [-0.05, 0) is 51.4 Å². The van der Waals surface area contributed by atoms with Crippen LogP contribution in [-0.4, -0.2) is 12.6 Å². The number of nitrogens with one attached hydrogen (secondary N) is 1. The van der Waals surface area contributed by atoms with Crippen molar-refractivity contribution >= 4 is 33.1 Å². The van der Waals surface area contributed by atoms with Crippen LogP contribution < -0.4 is 10.2 Å². The fourth-order valence-corrected chi connectivity index (χ4v) is 4.01. The molecule has 5 rings (SSSR count). The maximum absolute atomic E-state index is 13.7. The average molecular weight is 417 g/mol. The van der Waals surface area contributed by atoms with Gasteiger partial charge in [0.25, 0.3) is 5.91 Å². The monoisotopic (exact) mass is 416 g/mol. The van der Waals surface area contributed by atoms with Crippen molar-refractivity contribution < 1.29 is 4.79 Å². The third-order valence-corrected chi connectivity index (χ3v) is 5.73. The van der Waals surface area contributed by atoms with Crippen molar-refractivity contribution in [3.05, 3.63) is 126 Å². The number of anilines is 1. The lowest BCUT2D eigenvalue weighted by Gasteiger charge is -2.24. The lowest BCUT2D eigenvalue weighted by Crippen LogP contribution is -2.39. The Kier molecular flexibility index (Phi) is 5.65. The van der Waals surface area contributed by atoms with Crippen molar-refractivity contribution in [2.24, 2.45) is 0 Å². The largest absolute Gasteiger partial charge is 0.295 e. The van der Waals surface area contributed by atoms with Gasteiger partial charge in [-0.1, -0.05) is 91.0 Å². The second-order valence-electron chi connectivity index (χ2n) is 7.90. The first-order valence-electron chi connectivity index (χ1n) is 10.8. The molecule has 0 bridgehead atoms. The summed E-state index contributed by atoms with van der Waals surface area (Å²) < 4.78 is 0. The summed E-state index contributed by atoms with van der Waals surface area (Å²) in [7, 11) is 0. The van der Waals surface area contributed by atoms with Gasteiger partial charge in [-0.25, -0.2) is 0 Å². The molecule has 0 heterocycles. The molecule has 156 valence electrons. The van der Waals surface area contributed by atoms with Gasteiger partial charge in [0.05, 0.1) is 6.67 Å². The Morgan fingerprint density at radius 3 is 1.94 bits per heavy atom. The van der Waals surface area contributed by atoms with Gasteiger partial charge in [-0.3, -0.25) is 15.0 Å². The van der Waals surface area contributed by atoms with Crippen molar-refractivity contribution in [2.45, 2.75) is 6.54 Å². The maximum atomic E-state index is 13.7. The van der Waals surface area contributed by atoms with E-state index in [2.05, 4.69) is 47.8 Å². The topological polar surface area (TPSA) is 32.3 Å². The summed E-state index contributed by atoms with van der Waals surface area (Å²) in [4.78, 5) is 15.5. The molecular formula is C29H24N2O. The van der Waals surface area contributed by atoms with E-state index in [1.165, 1.54) is 5.56 Å². The maximum Gasteiger partial charge on any atom is 0.259 e. The minimum atomic E-state index is -0.0217. The number of nitrogens with zero attached hydrogens (tertiary/aromatic N) is 1. The highest BCUT2D eigenvalue weighted by Crippen LogP contribution is 2.24. The van der Waals surface area contributed by atoms with Crippen LogP contribution >= 0.6 is 0 Å². The van der Waals surface area contributed by atoms with Gasteiger partial charge in [-0.2, -0.15) is 0 Å². The van der Waals surface area contributed by atoms with Crippen LogP contribution in [0.1, 0.15) is 15.9 Å². The number of benzene rings is 5. The Balaban J connectivity index is 1.47. The van der Waals surface area contributed by atoms with Gasteiger partial charge >= 0.3 is 0 Å². The third-order valence-electron chi connectivity index (χ3n) is 5.73. The molecule has 0 unspecified atom stereocenters. The zero-order valence-electron chi connectivity index (χ0n) is 17.7. The summed E-state index contributed by atoms with van der Waals surface area (Å²) >= 11 is 0. The molecule has 1 N–H and O–H groups in total. The van der Waals surface area contributed by atoms with Crippen LogP contribution in [0.5, 0.6) is 0 Å². The minimum absolute atomic E-state index is 0.0217. The van der Waals surface area contributed by atoms with Crippen molar-refractivity contribution in [1.82, 2.24) is 5.32 Å². The normalized spacial score (nSPS) is 11.0. The molecule has 0 aliphatic rings. The lowest BCUT2D eigenvalue weighted by molar-refractivity contribution is 0.0985. The zero-order valence-corrected chi connectivity index (χ0v) is 17.7. The summed E-state index contributed by atoms with van der Waals surface area (Å²) in [5, 5.41) is 7.91. The summed E-state index contributed by atoms with van der Waals surface area (Å²) in [5.41, 5.74) is 2.74. The van der Waals surface area contributed by atoms with Gasteiger partial charge in [0, 0.05) is 17.8 Å². The van der Waals surface area contributed by atoms with E-state index < -0.39 is 0 Å². The van der Waals surface area contributed by atoms with E-state index in [9.17, 15) is 4.79 Å². The number of carbonyl (C=O) groups excluding carboxylic acids is 1. The highest BCUT2D eigenvalue weighted by Gasteiger charge is 2.18. The second-order valence-corrected chi connectivity index (χ2v) is 7.90. The van der Waals surface area contributed by atoms with E-state index in [4.69, 9.17) is 0 Å². The molecule has 5 aromatic rings. The highest BCUT2D eigenvalue weighted by molar-refractivity contribution is 6.08. The molecule has 0 aromatic heterocycles. The zero-order chi connectivity index (χ0) is 21.8. The fraction of sp³-hybridized carbons (Fsp3) is 0.0690. The van der Waals surface area contributed by atoms with Crippen LogP contribution in [0.4, 0.5) is 5.69 Å². The molecule has 0 spiro atoms. The van der Waals surface area contributed by atoms with E-state index in [-0.39, 0.29) is 5.91 Å². The smallest absolute Gasteiger partial charge is 0.259 e. The predicted octanol–water partition coefficient (Wildman–Crippen LogP) is 6.39. The molecular weight excluding hydrogens is 392 g/mol. The second kappa shape index (κ2) is 9.04. The van der Waals surface area contributed by atoms with E-state index >= 15 is 0 Å². The Hall–Kier alpha value is -3.95. The van der Waals surface area contributed by atoms with E-state index in [1.54, 1.807) is 0 Å². The Morgan fingerprint density at radius 1 is 0.625 bits per heavy atom. The molecule has 0 fully saturated rings. The number of carbonyl (C=O) groups is 1. The quantitative estimate of drug-likeness (QED) is 0.325. The predicted molar refractivity (Wildman–Crippen MR) is 133 cm³/mol. The average Bonchev–Trinajstić information content (AvgIpc) is 2.86. The summed E-state index contributed by atoms with van der Waals surface area (Å²) in [6.07, 6.45) is 0. The molecule has 0 saturated carbocycles. The number of fused-ring (bicyclic) bond motifs is 2. The molecule has 5 aromatic carbocycles. The number of hydrogen-bond donors (Lipinski definition) is 1. The first-order valence-corrected chi connectivity index (χ1v) is 10.8. The summed E-state index contributed by atoms with van der Waals surface area (Å²) in [5.74, 6) is -0.0217. The van der Waals surface area contributed by atoms with Crippen LogP contribution in [0, 0.1) is 0 Å². The molecule has 32 heavy (non-hydrogen) atoms. The van der Waals surface area contributed by atoms with Crippen molar-refractivity contribution in [1.29, 1.82) is 0 Å². The first kappa shape index (κ1) is 20.0. The summed E-state index contributed by atoms with van der Waals surface area (Å²) in [6.45, 7) is 1.11. The van der Waals surface area contributed by atoms with Crippen molar-refractivity contribution in [2.75, 3.05) is 11.6 Å². The molecule has 0 radical (unpaired) electrons. The van der Waals surface area contributed by atoms with Crippen LogP contribution in [0.3, 0.4) is 0 Å².